The average Bonchev–Trinajstić information content (AvgIpc) is 3.41. The quantitative estimate of drug-likeness (QED) is 0.504. The molecule has 1 spiro atoms. The summed E-state index contributed by atoms with van der Waals surface area (Å²) in [5.74, 6) is 1.69. The molecule has 9 heteroatoms. The van der Waals surface area contributed by atoms with Gasteiger partial charge in [-0.2, -0.15) is 5.10 Å². The molecule has 2 aliphatic rings. The predicted molar refractivity (Wildman–Crippen MR) is 122 cm³/mol. The third-order valence-corrected chi connectivity index (χ3v) is 7.35. The Labute approximate surface area is 185 Å². The van der Waals surface area contributed by atoms with Gasteiger partial charge in [0.25, 0.3) is 0 Å². The normalized spacial score (nSPS) is 19.5. The highest BCUT2D eigenvalue weighted by Crippen LogP contribution is 2.47. The summed E-state index contributed by atoms with van der Waals surface area (Å²) >= 11 is 0. The number of aliphatic hydroxyl groups excluding tert-OH is 1. The lowest BCUT2D eigenvalue weighted by Gasteiger charge is -2.41. The Kier molecular flexibility index (Phi) is 4.07. The van der Waals surface area contributed by atoms with Gasteiger partial charge >= 0.3 is 0 Å². The lowest BCUT2D eigenvalue weighted by atomic mass is 9.73. The van der Waals surface area contributed by atoms with E-state index in [1.54, 1.807) is 6.33 Å². The average molecular weight is 431 g/mol. The molecule has 9 nitrogen and oxygen atoms in total. The molecule has 164 valence electrons. The van der Waals surface area contributed by atoms with E-state index in [0.29, 0.717) is 0 Å². The van der Waals surface area contributed by atoms with Gasteiger partial charge in [0.2, 0.25) is 0 Å². The van der Waals surface area contributed by atoms with Crippen molar-refractivity contribution >= 4 is 22.7 Å². The first-order valence-electron chi connectivity index (χ1n) is 10.9. The van der Waals surface area contributed by atoms with Crippen LogP contribution in [-0.2, 0) is 19.5 Å². The van der Waals surface area contributed by atoms with Gasteiger partial charge in [-0.1, -0.05) is 18.2 Å². The number of aromatic nitrogens is 6. The molecule has 2 aliphatic heterocycles. The van der Waals surface area contributed by atoms with Crippen molar-refractivity contribution in [3.63, 3.8) is 0 Å². The maximum absolute atomic E-state index is 10.9. The minimum absolute atomic E-state index is 0.263. The van der Waals surface area contributed by atoms with E-state index in [1.165, 1.54) is 5.56 Å². The number of rotatable bonds is 2. The molecule has 0 amide bonds. The Morgan fingerprint density at radius 3 is 2.66 bits per heavy atom. The zero-order valence-corrected chi connectivity index (χ0v) is 18.4. The van der Waals surface area contributed by atoms with Crippen LogP contribution in [0.4, 0.5) is 11.5 Å². The van der Waals surface area contributed by atoms with Gasteiger partial charge in [-0.3, -0.25) is 4.68 Å². The molecule has 1 saturated heterocycles. The van der Waals surface area contributed by atoms with Crippen molar-refractivity contribution in [3.8, 4) is 11.4 Å². The molecular weight excluding hydrogens is 404 g/mol. The third-order valence-electron chi connectivity index (χ3n) is 7.35. The molecule has 1 aromatic carbocycles. The number of aryl methyl sites for hydroxylation is 2. The van der Waals surface area contributed by atoms with Crippen LogP contribution in [0.25, 0.3) is 22.6 Å². The van der Waals surface area contributed by atoms with E-state index in [0.717, 1.165) is 65.7 Å². The fraction of sp³-hybridized carbons (Fsp3) is 0.391. The highest BCUT2D eigenvalue weighted by Gasteiger charge is 2.48. The van der Waals surface area contributed by atoms with Crippen LogP contribution in [0.1, 0.15) is 24.1 Å². The van der Waals surface area contributed by atoms with Crippen LogP contribution in [0.5, 0.6) is 0 Å². The standard InChI is InChI=1S/C23H26N8O/c1-14-15(12-26-30(14)3)19-28-18-20(29(19)2)24-13-25-21(18)31-10-8-23(9-11-31)16-6-4-5-7-17(16)27-22(23)32/h4-7,12-13,22,27,32H,8-11H2,1-3H3. The molecule has 1 unspecified atom stereocenters. The zero-order valence-electron chi connectivity index (χ0n) is 18.4. The number of nitrogens with one attached hydrogen (secondary N) is 1. The van der Waals surface area contributed by atoms with Crippen LogP contribution < -0.4 is 10.2 Å². The van der Waals surface area contributed by atoms with Gasteiger partial charge in [0.05, 0.1) is 11.8 Å². The van der Waals surface area contributed by atoms with Crippen LogP contribution in [0.2, 0.25) is 0 Å². The topological polar surface area (TPSA) is 96.9 Å². The van der Waals surface area contributed by atoms with Gasteiger partial charge in [0.15, 0.2) is 17.0 Å². The zero-order chi connectivity index (χ0) is 22.0. The molecule has 0 saturated carbocycles. The number of anilines is 2. The Morgan fingerprint density at radius 1 is 1.12 bits per heavy atom. The SMILES string of the molecule is Cc1c(-c2nc3c(N4CCC5(CC4)c4ccccc4NC5O)ncnc3n2C)cnn1C. The summed E-state index contributed by atoms with van der Waals surface area (Å²) in [5, 5.41) is 18.5. The molecule has 5 heterocycles. The number of hydrogen-bond acceptors (Lipinski definition) is 7. The number of nitrogens with zero attached hydrogens (tertiary/aromatic N) is 7. The maximum Gasteiger partial charge on any atom is 0.165 e. The van der Waals surface area contributed by atoms with Crippen LogP contribution in [0.15, 0.2) is 36.8 Å². The Bertz CT molecular complexity index is 1330. The Balaban J connectivity index is 1.36. The molecule has 4 aromatic rings. The molecule has 0 aliphatic carbocycles. The lowest BCUT2D eigenvalue weighted by molar-refractivity contribution is 0.0964. The predicted octanol–water partition coefficient (Wildman–Crippen LogP) is 2.35. The minimum Gasteiger partial charge on any atom is -0.373 e. The molecule has 6 rings (SSSR count). The summed E-state index contributed by atoms with van der Waals surface area (Å²) in [5.41, 5.74) is 5.65. The van der Waals surface area contributed by atoms with Crippen LogP contribution in [0.3, 0.4) is 0 Å². The third kappa shape index (κ3) is 2.54. The second-order valence-corrected chi connectivity index (χ2v) is 8.87. The number of piperidine rings is 1. The number of hydrogen-bond donors (Lipinski definition) is 2. The minimum atomic E-state index is -0.567. The lowest BCUT2D eigenvalue weighted by Crippen LogP contribution is -2.49. The summed E-state index contributed by atoms with van der Waals surface area (Å²) in [6, 6.07) is 8.24. The van der Waals surface area contributed by atoms with Crippen LogP contribution in [-0.4, -0.2) is 53.7 Å². The summed E-state index contributed by atoms with van der Waals surface area (Å²) < 4.78 is 3.86. The van der Waals surface area contributed by atoms with Crippen molar-refractivity contribution in [3.05, 3.63) is 48.0 Å². The van der Waals surface area contributed by atoms with Crippen molar-refractivity contribution in [2.75, 3.05) is 23.3 Å². The van der Waals surface area contributed by atoms with E-state index >= 15 is 0 Å². The van der Waals surface area contributed by atoms with Gasteiger partial charge in [0, 0.05) is 44.0 Å². The van der Waals surface area contributed by atoms with E-state index in [2.05, 4.69) is 37.4 Å². The maximum atomic E-state index is 10.9. The summed E-state index contributed by atoms with van der Waals surface area (Å²) in [6.07, 6.45) is 4.57. The highest BCUT2D eigenvalue weighted by atomic mass is 16.3. The van der Waals surface area contributed by atoms with Crippen LogP contribution >= 0.6 is 0 Å². The fourth-order valence-corrected chi connectivity index (χ4v) is 5.31. The second-order valence-electron chi connectivity index (χ2n) is 8.87. The first-order valence-corrected chi connectivity index (χ1v) is 10.9. The number of aliphatic hydroxyl groups is 1. The monoisotopic (exact) mass is 430 g/mol. The van der Waals surface area contributed by atoms with Gasteiger partial charge in [-0.15, -0.1) is 0 Å². The first kappa shape index (κ1) is 19.2. The second kappa shape index (κ2) is 6.77. The molecule has 3 aromatic heterocycles. The van der Waals surface area contributed by atoms with E-state index in [1.807, 2.05) is 48.6 Å². The molecule has 0 bridgehead atoms. The first-order chi connectivity index (χ1) is 15.5. The molecule has 1 fully saturated rings. The number of fused-ring (bicyclic) bond motifs is 3. The number of benzene rings is 1. The van der Waals surface area contributed by atoms with E-state index in [9.17, 15) is 5.11 Å². The largest absolute Gasteiger partial charge is 0.373 e. The summed E-state index contributed by atoms with van der Waals surface area (Å²) in [4.78, 5) is 16.4. The smallest absolute Gasteiger partial charge is 0.165 e. The number of imidazole rings is 1. The van der Waals surface area contributed by atoms with Gasteiger partial charge in [-0.25, -0.2) is 15.0 Å². The van der Waals surface area contributed by atoms with Gasteiger partial charge in [-0.05, 0) is 31.4 Å². The van der Waals surface area contributed by atoms with E-state index in [4.69, 9.17) is 4.98 Å². The molecule has 2 N–H and O–H groups in total. The van der Waals surface area contributed by atoms with E-state index in [-0.39, 0.29) is 5.41 Å². The van der Waals surface area contributed by atoms with Crippen molar-refractivity contribution in [1.82, 2.24) is 29.3 Å². The highest BCUT2D eigenvalue weighted by molar-refractivity contribution is 5.87. The fourth-order valence-electron chi connectivity index (χ4n) is 5.31. The van der Waals surface area contributed by atoms with Gasteiger partial charge in [0.1, 0.15) is 18.4 Å². The Hall–Kier alpha value is -3.46. The number of para-hydroxylation sites is 1. The van der Waals surface area contributed by atoms with Crippen molar-refractivity contribution in [1.29, 1.82) is 0 Å². The van der Waals surface area contributed by atoms with Crippen molar-refractivity contribution in [2.45, 2.75) is 31.4 Å². The van der Waals surface area contributed by atoms with Gasteiger partial charge < -0.3 is 19.9 Å². The summed E-state index contributed by atoms with van der Waals surface area (Å²) in [6.45, 7) is 3.62. The molecule has 0 radical (unpaired) electrons. The van der Waals surface area contributed by atoms with Crippen molar-refractivity contribution in [2.24, 2.45) is 14.1 Å². The molecule has 32 heavy (non-hydrogen) atoms. The van der Waals surface area contributed by atoms with Crippen molar-refractivity contribution < 1.29 is 5.11 Å². The molecule has 1 atom stereocenters. The van der Waals surface area contributed by atoms with Crippen LogP contribution in [0, 0.1) is 6.92 Å². The van der Waals surface area contributed by atoms with E-state index < -0.39 is 6.23 Å². The Morgan fingerprint density at radius 2 is 1.91 bits per heavy atom. The molecular formula is C23H26N8O. The summed E-state index contributed by atoms with van der Waals surface area (Å²) in [7, 11) is 3.91.